The predicted molar refractivity (Wildman–Crippen MR) is 100 cm³/mol. The van der Waals surface area contributed by atoms with E-state index in [0.717, 1.165) is 24.2 Å². The van der Waals surface area contributed by atoms with Crippen LogP contribution in [-0.2, 0) is 17.3 Å². The lowest BCUT2D eigenvalue weighted by atomic mass is 10.0. The molecule has 2 aromatic heterocycles. The molecule has 0 unspecified atom stereocenters. The summed E-state index contributed by atoms with van der Waals surface area (Å²) in [7, 11) is 0. The summed E-state index contributed by atoms with van der Waals surface area (Å²) < 4.78 is 44.7. The Bertz CT molecular complexity index is 1010. The highest BCUT2D eigenvalue weighted by Gasteiger charge is 2.31. The maximum atomic E-state index is 12.6. The zero-order valence-corrected chi connectivity index (χ0v) is 15.8. The SMILES string of the molecule is O=C(Cc1ccc([C@H]2CNCCO2)cc1)c1cnn(-c2ncc(C(F)(F)F)cn2)c1. The van der Waals surface area contributed by atoms with Crippen LogP contribution in [0.25, 0.3) is 5.95 Å². The van der Waals surface area contributed by atoms with Gasteiger partial charge in [0.2, 0.25) is 5.95 Å². The van der Waals surface area contributed by atoms with Crippen LogP contribution in [-0.4, -0.2) is 45.2 Å². The second-order valence-corrected chi connectivity index (χ2v) is 6.85. The smallest absolute Gasteiger partial charge is 0.371 e. The summed E-state index contributed by atoms with van der Waals surface area (Å²) in [5.41, 5.74) is 1.26. The molecule has 7 nitrogen and oxygen atoms in total. The average Bonchev–Trinajstić information content (AvgIpc) is 3.25. The average molecular weight is 417 g/mol. The van der Waals surface area contributed by atoms with E-state index in [1.165, 1.54) is 17.1 Å². The number of aromatic nitrogens is 4. The number of carbonyl (C=O) groups excluding carboxylic acids is 1. The molecule has 10 heteroatoms. The standard InChI is InChI=1S/C20H18F3N5O2/c21-20(22,23)16-9-25-19(26-10-16)28-12-15(8-27-28)17(29)7-13-1-3-14(4-2-13)18-11-24-5-6-30-18/h1-4,8-10,12,18,24H,5-7,11H2/t18-/m1/s1. The summed E-state index contributed by atoms with van der Waals surface area (Å²) in [5, 5.41) is 7.26. The Morgan fingerprint density at radius 2 is 1.90 bits per heavy atom. The molecule has 0 bridgehead atoms. The van der Waals surface area contributed by atoms with Gasteiger partial charge in [-0.05, 0) is 11.1 Å². The van der Waals surface area contributed by atoms with Crippen LogP contribution in [0.3, 0.4) is 0 Å². The van der Waals surface area contributed by atoms with E-state index in [2.05, 4.69) is 20.4 Å². The number of Topliss-reactive ketones (excluding diaryl/α,β-unsaturated/α-hetero) is 1. The van der Waals surface area contributed by atoms with Crippen LogP contribution < -0.4 is 5.32 Å². The van der Waals surface area contributed by atoms with E-state index in [4.69, 9.17) is 4.74 Å². The molecular formula is C20H18F3N5O2. The summed E-state index contributed by atoms with van der Waals surface area (Å²) >= 11 is 0. The number of alkyl halides is 3. The maximum absolute atomic E-state index is 12.6. The Balaban J connectivity index is 1.41. The van der Waals surface area contributed by atoms with E-state index in [9.17, 15) is 18.0 Å². The molecule has 1 N–H and O–H groups in total. The van der Waals surface area contributed by atoms with E-state index in [-0.39, 0.29) is 24.3 Å². The molecule has 0 radical (unpaired) electrons. The van der Waals surface area contributed by atoms with Crippen molar-refractivity contribution in [3.63, 3.8) is 0 Å². The monoisotopic (exact) mass is 417 g/mol. The molecule has 1 atom stereocenters. The molecular weight excluding hydrogens is 399 g/mol. The number of ether oxygens (including phenoxy) is 1. The van der Waals surface area contributed by atoms with Crippen molar-refractivity contribution in [3.05, 3.63) is 71.3 Å². The highest BCUT2D eigenvalue weighted by Crippen LogP contribution is 2.28. The van der Waals surface area contributed by atoms with Crippen molar-refractivity contribution in [3.8, 4) is 5.95 Å². The summed E-state index contributed by atoms with van der Waals surface area (Å²) in [6.45, 7) is 2.26. The highest BCUT2D eigenvalue weighted by atomic mass is 19.4. The first-order valence-electron chi connectivity index (χ1n) is 9.29. The van der Waals surface area contributed by atoms with Gasteiger partial charge in [0.25, 0.3) is 0 Å². The Kier molecular flexibility index (Phi) is 5.60. The first-order chi connectivity index (χ1) is 14.4. The molecule has 0 amide bonds. The normalized spacial score (nSPS) is 17.1. The molecule has 0 saturated carbocycles. The number of nitrogens with zero attached hydrogens (tertiary/aromatic N) is 4. The van der Waals surface area contributed by atoms with E-state index in [1.54, 1.807) is 0 Å². The van der Waals surface area contributed by atoms with Crippen molar-refractivity contribution in [1.82, 2.24) is 25.1 Å². The number of morpholine rings is 1. The number of rotatable bonds is 5. The van der Waals surface area contributed by atoms with E-state index >= 15 is 0 Å². The van der Waals surface area contributed by atoms with Gasteiger partial charge in [0.1, 0.15) is 0 Å². The number of hydrogen-bond acceptors (Lipinski definition) is 6. The Hall–Kier alpha value is -3.11. The van der Waals surface area contributed by atoms with E-state index in [1.807, 2.05) is 24.3 Å². The number of hydrogen-bond donors (Lipinski definition) is 1. The third-order valence-corrected chi connectivity index (χ3v) is 4.72. The van der Waals surface area contributed by atoms with Crippen LogP contribution in [0.4, 0.5) is 13.2 Å². The lowest BCUT2D eigenvalue weighted by Crippen LogP contribution is -2.33. The quantitative estimate of drug-likeness (QED) is 0.643. The zero-order chi connectivity index (χ0) is 21.1. The van der Waals surface area contributed by atoms with Gasteiger partial charge in [0, 0.05) is 38.1 Å². The van der Waals surface area contributed by atoms with Crippen LogP contribution in [0.1, 0.15) is 33.2 Å². The molecule has 1 aliphatic heterocycles. The van der Waals surface area contributed by atoms with Crippen molar-refractivity contribution < 1.29 is 22.7 Å². The van der Waals surface area contributed by atoms with Crippen molar-refractivity contribution >= 4 is 5.78 Å². The van der Waals surface area contributed by atoms with Crippen LogP contribution in [0.2, 0.25) is 0 Å². The highest BCUT2D eigenvalue weighted by molar-refractivity contribution is 5.97. The Labute approximate surface area is 169 Å². The van der Waals surface area contributed by atoms with Crippen molar-refractivity contribution in [2.45, 2.75) is 18.7 Å². The Morgan fingerprint density at radius 3 is 2.53 bits per heavy atom. The molecule has 1 aliphatic rings. The summed E-state index contributed by atoms with van der Waals surface area (Å²) in [4.78, 5) is 19.9. The molecule has 1 aromatic carbocycles. The molecule has 30 heavy (non-hydrogen) atoms. The first kappa shape index (κ1) is 20.2. The van der Waals surface area contributed by atoms with Gasteiger partial charge in [0.05, 0.1) is 30.0 Å². The number of nitrogens with one attached hydrogen (secondary N) is 1. The molecule has 3 aromatic rings. The third kappa shape index (κ3) is 4.55. The van der Waals surface area contributed by atoms with Crippen LogP contribution in [0, 0.1) is 0 Å². The number of benzene rings is 1. The van der Waals surface area contributed by atoms with E-state index < -0.39 is 11.7 Å². The molecule has 156 valence electrons. The van der Waals surface area contributed by atoms with E-state index in [0.29, 0.717) is 24.6 Å². The minimum atomic E-state index is -4.51. The lowest BCUT2D eigenvalue weighted by molar-refractivity contribution is -0.138. The van der Waals surface area contributed by atoms with Gasteiger partial charge in [-0.2, -0.15) is 18.3 Å². The predicted octanol–water partition coefficient (Wildman–Crippen LogP) is 2.77. The largest absolute Gasteiger partial charge is 0.419 e. The molecule has 3 heterocycles. The molecule has 0 spiro atoms. The zero-order valence-electron chi connectivity index (χ0n) is 15.8. The topological polar surface area (TPSA) is 81.9 Å². The van der Waals surface area contributed by atoms with Crippen molar-refractivity contribution in [2.24, 2.45) is 0 Å². The fourth-order valence-corrected chi connectivity index (χ4v) is 3.08. The van der Waals surface area contributed by atoms with Gasteiger partial charge in [0.15, 0.2) is 5.78 Å². The van der Waals surface area contributed by atoms with Gasteiger partial charge < -0.3 is 10.1 Å². The second-order valence-electron chi connectivity index (χ2n) is 6.85. The molecule has 4 rings (SSSR count). The van der Waals surface area contributed by atoms with Crippen molar-refractivity contribution in [2.75, 3.05) is 19.7 Å². The van der Waals surface area contributed by atoms with Crippen molar-refractivity contribution in [1.29, 1.82) is 0 Å². The first-order valence-corrected chi connectivity index (χ1v) is 9.29. The summed E-state index contributed by atoms with van der Waals surface area (Å²) in [6.07, 6.45) is -0.231. The van der Waals surface area contributed by atoms with Gasteiger partial charge in [-0.15, -0.1) is 0 Å². The van der Waals surface area contributed by atoms with Crippen LogP contribution >= 0.6 is 0 Å². The minimum absolute atomic E-state index is 0.00506. The van der Waals surface area contributed by atoms with Gasteiger partial charge in [-0.3, -0.25) is 4.79 Å². The summed E-state index contributed by atoms with van der Waals surface area (Å²) in [6, 6.07) is 7.66. The van der Waals surface area contributed by atoms with Crippen LogP contribution in [0.15, 0.2) is 49.1 Å². The van der Waals surface area contributed by atoms with Crippen LogP contribution in [0.5, 0.6) is 0 Å². The number of ketones is 1. The Morgan fingerprint density at radius 1 is 1.17 bits per heavy atom. The fourth-order valence-electron chi connectivity index (χ4n) is 3.08. The number of carbonyl (C=O) groups is 1. The molecule has 0 aliphatic carbocycles. The third-order valence-electron chi connectivity index (χ3n) is 4.72. The molecule has 1 fully saturated rings. The second kappa shape index (κ2) is 8.33. The van der Waals surface area contributed by atoms with Gasteiger partial charge in [-0.25, -0.2) is 14.6 Å². The lowest BCUT2D eigenvalue weighted by Gasteiger charge is -2.24. The molecule has 1 saturated heterocycles. The minimum Gasteiger partial charge on any atom is -0.371 e. The van der Waals surface area contributed by atoms with Gasteiger partial charge in [-0.1, -0.05) is 24.3 Å². The maximum Gasteiger partial charge on any atom is 0.419 e. The van der Waals surface area contributed by atoms with Gasteiger partial charge >= 0.3 is 6.18 Å². The number of halogens is 3. The fraction of sp³-hybridized carbons (Fsp3) is 0.300. The summed E-state index contributed by atoms with van der Waals surface area (Å²) in [5.74, 6) is -0.219.